The first-order valence-electron chi connectivity index (χ1n) is 6.91. The molecule has 1 aromatic heterocycles. The number of nitro groups is 1. The highest BCUT2D eigenvalue weighted by atomic mass is 16.6. The van der Waals surface area contributed by atoms with Gasteiger partial charge in [0, 0.05) is 50.3 Å². The molecule has 0 unspecified atom stereocenters. The van der Waals surface area contributed by atoms with Crippen molar-refractivity contribution in [1.29, 1.82) is 0 Å². The summed E-state index contributed by atoms with van der Waals surface area (Å²) in [6.07, 6.45) is 3.58. The Morgan fingerprint density at radius 2 is 2.10 bits per heavy atom. The first-order valence-corrected chi connectivity index (χ1v) is 6.91. The minimum absolute atomic E-state index is 0.151. The number of nitrogens with zero attached hydrogens (tertiary/aromatic N) is 4. The van der Waals surface area contributed by atoms with Crippen molar-refractivity contribution >= 4 is 11.4 Å². The maximum atomic E-state index is 11.3. The van der Waals surface area contributed by atoms with Gasteiger partial charge in [-0.2, -0.15) is 0 Å². The second kappa shape index (κ2) is 5.53. The summed E-state index contributed by atoms with van der Waals surface area (Å²) < 4.78 is 1.93. The molecule has 1 aromatic carbocycles. The van der Waals surface area contributed by atoms with E-state index in [0.29, 0.717) is 5.69 Å². The number of imidazole rings is 1. The standard InChI is InChI=1S/C14H17N5O2/c1-11-16-6-9-18(11)12-2-3-13(19(20)21)14(10-12)17-7-4-15-5-8-17/h2-3,6,9-10,15H,4-5,7-8H2,1H3. The summed E-state index contributed by atoms with van der Waals surface area (Å²) in [5, 5.41) is 14.5. The first kappa shape index (κ1) is 13.6. The van der Waals surface area contributed by atoms with Crippen LogP contribution in [0, 0.1) is 17.0 Å². The van der Waals surface area contributed by atoms with Crippen LogP contribution in [0.1, 0.15) is 5.82 Å². The van der Waals surface area contributed by atoms with Crippen LogP contribution in [-0.4, -0.2) is 40.7 Å². The average molecular weight is 287 g/mol. The lowest BCUT2D eigenvalue weighted by Crippen LogP contribution is -2.43. The molecule has 2 aromatic rings. The van der Waals surface area contributed by atoms with Crippen molar-refractivity contribution in [2.24, 2.45) is 0 Å². The molecular weight excluding hydrogens is 270 g/mol. The van der Waals surface area contributed by atoms with Crippen LogP contribution in [0.5, 0.6) is 0 Å². The van der Waals surface area contributed by atoms with Gasteiger partial charge in [-0.15, -0.1) is 0 Å². The number of benzene rings is 1. The van der Waals surface area contributed by atoms with Gasteiger partial charge in [-0.1, -0.05) is 0 Å². The summed E-state index contributed by atoms with van der Waals surface area (Å²) >= 11 is 0. The van der Waals surface area contributed by atoms with Crippen LogP contribution in [0.25, 0.3) is 5.69 Å². The number of aromatic nitrogens is 2. The molecular formula is C14H17N5O2. The molecule has 1 aliphatic heterocycles. The predicted molar refractivity (Wildman–Crippen MR) is 80.0 cm³/mol. The number of piperazine rings is 1. The van der Waals surface area contributed by atoms with E-state index in [1.165, 1.54) is 0 Å². The van der Waals surface area contributed by atoms with Crippen molar-refractivity contribution in [2.75, 3.05) is 31.1 Å². The van der Waals surface area contributed by atoms with Gasteiger partial charge in [0.15, 0.2) is 0 Å². The Morgan fingerprint density at radius 1 is 1.33 bits per heavy atom. The van der Waals surface area contributed by atoms with Gasteiger partial charge >= 0.3 is 0 Å². The molecule has 7 nitrogen and oxygen atoms in total. The van der Waals surface area contributed by atoms with Gasteiger partial charge in [-0.3, -0.25) is 10.1 Å². The third-order valence-electron chi connectivity index (χ3n) is 3.72. The van der Waals surface area contributed by atoms with Crippen LogP contribution in [-0.2, 0) is 0 Å². The lowest BCUT2D eigenvalue weighted by Gasteiger charge is -2.29. The summed E-state index contributed by atoms with van der Waals surface area (Å²) in [5.74, 6) is 0.857. The number of nitro benzene ring substituents is 1. The molecule has 0 saturated carbocycles. The fraction of sp³-hybridized carbons (Fsp3) is 0.357. The van der Waals surface area contributed by atoms with E-state index in [4.69, 9.17) is 0 Å². The maximum absolute atomic E-state index is 11.3. The number of aryl methyl sites for hydroxylation is 1. The number of anilines is 1. The third kappa shape index (κ3) is 2.59. The number of hydrogen-bond donors (Lipinski definition) is 1. The summed E-state index contributed by atoms with van der Waals surface area (Å²) in [6.45, 7) is 5.13. The van der Waals surface area contributed by atoms with Crippen LogP contribution < -0.4 is 10.2 Å². The predicted octanol–water partition coefficient (Wildman–Crippen LogP) is 1.50. The van der Waals surface area contributed by atoms with Gasteiger partial charge in [0.1, 0.15) is 11.5 Å². The topological polar surface area (TPSA) is 76.2 Å². The second-order valence-electron chi connectivity index (χ2n) is 5.01. The van der Waals surface area contributed by atoms with Crippen molar-refractivity contribution in [3.8, 4) is 5.69 Å². The van der Waals surface area contributed by atoms with Gasteiger partial charge in [-0.05, 0) is 19.1 Å². The minimum Gasteiger partial charge on any atom is -0.363 e. The molecule has 0 radical (unpaired) electrons. The normalized spacial score (nSPS) is 15.2. The van der Waals surface area contributed by atoms with Gasteiger partial charge in [0.05, 0.1) is 4.92 Å². The molecule has 21 heavy (non-hydrogen) atoms. The third-order valence-corrected chi connectivity index (χ3v) is 3.72. The fourth-order valence-corrected chi connectivity index (χ4v) is 2.63. The minimum atomic E-state index is -0.318. The highest BCUT2D eigenvalue weighted by Gasteiger charge is 2.21. The SMILES string of the molecule is Cc1nccn1-c1ccc([N+](=O)[O-])c(N2CCNCC2)c1. The van der Waals surface area contributed by atoms with Crippen LogP contribution in [0.3, 0.4) is 0 Å². The molecule has 0 atom stereocenters. The summed E-state index contributed by atoms with van der Waals surface area (Å²) in [4.78, 5) is 17.2. The monoisotopic (exact) mass is 287 g/mol. The Bertz CT molecular complexity index is 661. The van der Waals surface area contributed by atoms with E-state index in [0.717, 1.165) is 37.7 Å². The second-order valence-corrected chi connectivity index (χ2v) is 5.01. The molecule has 1 saturated heterocycles. The summed E-state index contributed by atoms with van der Waals surface area (Å²) in [5.41, 5.74) is 1.72. The van der Waals surface area contributed by atoms with Crippen LogP contribution in [0.4, 0.5) is 11.4 Å². The van der Waals surface area contributed by atoms with Gasteiger partial charge in [0.2, 0.25) is 0 Å². The van der Waals surface area contributed by atoms with Gasteiger partial charge in [0.25, 0.3) is 5.69 Å². The van der Waals surface area contributed by atoms with E-state index in [1.807, 2.05) is 23.8 Å². The Labute approximate surface area is 122 Å². The molecule has 0 spiro atoms. The number of rotatable bonds is 3. The molecule has 0 bridgehead atoms. The molecule has 2 heterocycles. The van der Waals surface area contributed by atoms with E-state index in [-0.39, 0.29) is 10.6 Å². The number of hydrogen-bond acceptors (Lipinski definition) is 5. The van der Waals surface area contributed by atoms with Crippen molar-refractivity contribution in [1.82, 2.24) is 14.9 Å². The van der Waals surface area contributed by atoms with Crippen molar-refractivity contribution in [3.63, 3.8) is 0 Å². The quantitative estimate of drug-likeness (QED) is 0.684. The van der Waals surface area contributed by atoms with Crippen LogP contribution in [0.15, 0.2) is 30.6 Å². The van der Waals surface area contributed by atoms with E-state index < -0.39 is 0 Å². The molecule has 7 heteroatoms. The molecule has 110 valence electrons. The van der Waals surface area contributed by atoms with Crippen molar-refractivity contribution in [3.05, 3.63) is 46.5 Å². The lowest BCUT2D eigenvalue weighted by molar-refractivity contribution is -0.384. The van der Waals surface area contributed by atoms with Crippen molar-refractivity contribution in [2.45, 2.75) is 6.92 Å². The number of nitrogens with one attached hydrogen (secondary N) is 1. The summed E-state index contributed by atoms with van der Waals surface area (Å²) in [6, 6.07) is 5.21. The molecule has 3 rings (SSSR count). The van der Waals surface area contributed by atoms with E-state index in [1.54, 1.807) is 18.3 Å². The molecule has 1 aliphatic rings. The summed E-state index contributed by atoms with van der Waals surface area (Å²) in [7, 11) is 0. The largest absolute Gasteiger partial charge is 0.363 e. The van der Waals surface area contributed by atoms with Crippen LogP contribution in [0.2, 0.25) is 0 Å². The highest BCUT2D eigenvalue weighted by molar-refractivity contribution is 5.67. The molecule has 0 aliphatic carbocycles. The Hall–Kier alpha value is -2.41. The average Bonchev–Trinajstić information content (AvgIpc) is 2.93. The van der Waals surface area contributed by atoms with Gasteiger partial charge in [-0.25, -0.2) is 4.98 Å². The van der Waals surface area contributed by atoms with E-state index in [9.17, 15) is 10.1 Å². The highest BCUT2D eigenvalue weighted by Crippen LogP contribution is 2.31. The van der Waals surface area contributed by atoms with Crippen LogP contribution >= 0.6 is 0 Å². The van der Waals surface area contributed by atoms with E-state index >= 15 is 0 Å². The molecule has 1 fully saturated rings. The lowest BCUT2D eigenvalue weighted by atomic mass is 10.2. The first-order chi connectivity index (χ1) is 10.2. The maximum Gasteiger partial charge on any atom is 0.292 e. The molecule has 0 amide bonds. The zero-order valence-corrected chi connectivity index (χ0v) is 11.8. The fourth-order valence-electron chi connectivity index (χ4n) is 2.63. The van der Waals surface area contributed by atoms with E-state index in [2.05, 4.69) is 15.2 Å². The van der Waals surface area contributed by atoms with Gasteiger partial charge < -0.3 is 14.8 Å². The Kier molecular flexibility index (Phi) is 3.57. The Morgan fingerprint density at radius 3 is 2.71 bits per heavy atom. The van der Waals surface area contributed by atoms with Crippen molar-refractivity contribution < 1.29 is 4.92 Å². The smallest absolute Gasteiger partial charge is 0.292 e. The zero-order valence-electron chi connectivity index (χ0n) is 11.8. The zero-order chi connectivity index (χ0) is 14.8. The molecule has 1 N–H and O–H groups in total. The Balaban J connectivity index is 2.05.